The maximum atomic E-state index is 12.2. The Morgan fingerprint density at radius 3 is 3.00 bits per heavy atom. The predicted octanol–water partition coefficient (Wildman–Crippen LogP) is 1.36. The van der Waals surface area contributed by atoms with Gasteiger partial charge in [0.15, 0.2) is 5.65 Å². The number of piperidine rings is 1. The van der Waals surface area contributed by atoms with E-state index in [9.17, 15) is 9.90 Å². The summed E-state index contributed by atoms with van der Waals surface area (Å²) in [4.78, 5) is 18.2. The molecule has 1 saturated heterocycles. The highest BCUT2D eigenvalue weighted by Crippen LogP contribution is 2.50. The molecule has 6 nitrogen and oxygen atoms in total. The normalized spacial score (nSPS) is 26.5. The van der Waals surface area contributed by atoms with Crippen LogP contribution in [0.4, 0.5) is 0 Å². The fourth-order valence-corrected chi connectivity index (χ4v) is 3.72. The molecule has 0 bridgehead atoms. The smallest absolute Gasteiger partial charge is 0.267 e. The summed E-state index contributed by atoms with van der Waals surface area (Å²) in [6, 6.07) is 11.5. The second-order valence-electron chi connectivity index (χ2n) is 6.86. The second kappa shape index (κ2) is 5.16. The Kier molecular flexibility index (Phi) is 3.00. The summed E-state index contributed by atoms with van der Waals surface area (Å²) < 4.78 is 1.75. The summed E-state index contributed by atoms with van der Waals surface area (Å²) in [7, 11) is 1.73. The number of pyridine rings is 1. The van der Waals surface area contributed by atoms with Gasteiger partial charge in [0, 0.05) is 36.2 Å². The second-order valence-corrected chi connectivity index (χ2v) is 6.86. The van der Waals surface area contributed by atoms with E-state index >= 15 is 0 Å². The number of carbonyl (C=O) groups is 1. The van der Waals surface area contributed by atoms with Crippen molar-refractivity contribution in [2.24, 2.45) is 5.92 Å². The first-order valence-electron chi connectivity index (χ1n) is 8.50. The summed E-state index contributed by atoms with van der Waals surface area (Å²) in [6.07, 6.45) is 4.32. The fourth-order valence-electron chi connectivity index (χ4n) is 3.72. The van der Waals surface area contributed by atoms with Crippen LogP contribution in [0.25, 0.3) is 16.7 Å². The Morgan fingerprint density at radius 1 is 1.31 bits per heavy atom. The van der Waals surface area contributed by atoms with Crippen LogP contribution >= 0.6 is 0 Å². The number of rotatable bonds is 1. The molecular formula is C20H16N4O2. The van der Waals surface area contributed by atoms with Crippen molar-refractivity contribution in [1.82, 2.24) is 19.7 Å². The van der Waals surface area contributed by atoms with E-state index in [1.54, 1.807) is 29.0 Å². The molecule has 128 valence electrons. The third-order valence-corrected chi connectivity index (χ3v) is 5.26. The molecule has 2 aromatic heterocycles. The Bertz CT molecular complexity index is 1110. The van der Waals surface area contributed by atoms with Gasteiger partial charge in [-0.1, -0.05) is 17.9 Å². The molecule has 2 fully saturated rings. The average Bonchev–Trinajstić information content (AvgIpc) is 3.33. The lowest BCUT2D eigenvalue weighted by Crippen LogP contribution is -2.41. The minimum absolute atomic E-state index is 0.0741. The van der Waals surface area contributed by atoms with E-state index in [1.165, 1.54) is 0 Å². The molecule has 0 spiro atoms. The van der Waals surface area contributed by atoms with Gasteiger partial charge in [-0.2, -0.15) is 5.10 Å². The lowest BCUT2D eigenvalue weighted by Gasteiger charge is -2.18. The van der Waals surface area contributed by atoms with Crippen LogP contribution in [-0.2, 0) is 4.79 Å². The van der Waals surface area contributed by atoms with Crippen LogP contribution in [0, 0.1) is 17.8 Å². The Morgan fingerprint density at radius 2 is 2.19 bits per heavy atom. The van der Waals surface area contributed by atoms with Crippen molar-refractivity contribution < 1.29 is 9.90 Å². The van der Waals surface area contributed by atoms with Crippen molar-refractivity contribution in [2.45, 2.75) is 18.1 Å². The van der Waals surface area contributed by atoms with Crippen molar-refractivity contribution in [3.05, 3.63) is 54.4 Å². The van der Waals surface area contributed by atoms with Gasteiger partial charge >= 0.3 is 0 Å². The van der Waals surface area contributed by atoms with Crippen molar-refractivity contribution in [2.75, 3.05) is 7.05 Å². The Labute approximate surface area is 150 Å². The third kappa shape index (κ3) is 2.07. The Balaban J connectivity index is 1.52. The third-order valence-electron chi connectivity index (χ3n) is 5.26. The molecule has 1 saturated carbocycles. The van der Waals surface area contributed by atoms with Crippen LogP contribution in [0.3, 0.4) is 0 Å². The van der Waals surface area contributed by atoms with Gasteiger partial charge in [0.05, 0.1) is 11.9 Å². The number of likely N-dealkylation sites (tertiary alicyclic amines) is 1. The van der Waals surface area contributed by atoms with E-state index in [0.717, 1.165) is 28.7 Å². The van der Waals surface area contributed by atoms with Crippen molar-refractivity contribution >= 4 is 16.9 Å². The van der Waals surface area contributed by atoms with Crippen molar-refractivity contribution in [3.63, 3.8) is 0 Å². The van der Waals surface area contributed by atoms with Gasteiger partial charge in [-0.15, -0.1) is 0 Å². The van der Waals surface area contributed by atoms with E-state index in [0.29, 0.717) is 0 Å². The van der Waals surface area contributed by atoms with Gasteiger partial charge in [0.1, 0.15) is 0 Å². The van der Waals surface area contributed by atoms with Gasteiger partial charge in [-0.05, 0) is 36.8 Å². The zero-order valence-electron chi connectivity index (χ0n) is 14.1. The number of aromatic nitrogens is 3. The quantitative estimate of drug-likeness (QED) is 0.677. The molecule has 6 heteroatoms. The van der Waals surface area contributed by atoms with Crippen LogP contribution in [0.1, 0.15) is 12.0 Å². The molecule has 3 atom stereocenters. The highest BCUT2D eigenvalue weighted by molar-refractivity contribution is 5.93. The summed E-state index contributed by atoms with van der Waals surface area (Å²) in [5.74, 6) is 5.43. The fraction of sp³-hybridized carbons (Fsp3) is 0.250. The molecular weight excluding hydrogens is 328 g/mol. The number of likely N-dealkylation sites (N-methyl/N-ethyl adjacent to an activating group) is 1. The predicted molar refractivity (Wildman–Crippen MR) is 95.4 cm³/mol. The maximum absolute atomic E-state index is 12.2. The number of benzene rings is 1. The molecule has 26 heavy (non-hydrogen) atoms. The van der Waals surface area contributed by atoms with Crippen molar-refractivity contribution in [3.8, 4) is 17.5 Å². The van der Waals surface area contributed by atoms with E-state index < -0.39 is 5.60 Å². The highest BCUT2D eigenvalue weighted by atomic mass is 16.3. The molecule has 3 aromatic rings. The first-order valence-corrected chi connectivity index (χ1v) is 8.50. The first kappa shape index (κ1) is 15.1. The molecule has 3 heterocycles. The number of hydrogen-bond acceptors (Lipinski definition) is 4. The summed E-state index contributed by atoms with van der Waals surface area (Å²) in [5.41, 5.74) is 0.756. The van der Waals surface area contributed by atoms with Crippen LogP contribution in [0.15, 0.2) is 48.8 Å². The van der Waals surface area contributed by atoms with Crippen LogP contribution in [-0.4, -0.2) is 49.4 Å². The van der Waals surface area contributed by atoms with Crippen LogP contribution in [0.2, 0.25) is 0 Å². The number of nitrogens with zero attached hydrogens (tertiary/aromatic N) is 4. The Hall–Kier alpha value is -3.17. The molecule has 1 N–H and O–H groups in total. The maximum Gasteiger partial charge on any atom is 0.267 e. The molecule has 1 aromatic carbocycles. The van der Waals surface area contributed by atoms with Gasteiger partial charge in [0.25, 0.3) is 5.91 Å². The number of amides is 1. The van der Waals surface area contributed by atoms with Gasteiger partial charge in [0.2, 0.25) is 5.60 Å². The van der Waals surface area contributed by atoms with E-state index in [2.05, 4.69) is 21.9 Å². The zero-order chi connectivity index (χ0) is 17.9. The van der Waals surface area contributed by atoms with E-state index in [1.807, 2.05) is 36.4 Å². The number of aliphatic hydroxyl groups is 1. The minimum Gasteiger partial charge on any atom is -0.369 e. The van der Waals surface area contributed by atoms with Crippen LogP contribution < -0.4 is 0 Å². The van der Waals surface area contributed by atoms with Gasteiger partial charge in [-0.25, -0.2) is 9.67 Å². The van der Waals surface area contributed by atoms with E-state index in [-0.39, 0.29) is 17.9 Å². The molecule has 1 amide bonds. The molecule has 2 aliphatic rings. The topological polar surface area (TPSA) is 71.2 Å². The number of fused-ring (bicyclic) bond motifs is 2. The number of hydrogen-bond donors (Lipinski definition) is 1. The molecule has 1 aliphatic carbocycles. The zero-order valence-corrected chi connectivity index (χ0v) is 14.1. The van der Waals surface area contributed by atoms with Gasteiger partial charge in [-0.3, -0.25) is 4.79 Å². The van der Waals surface area contributed by atoms with Crippen molar-refractivity contribution in [1.29, 1.82) is 0 Å². The SMILES string of the molecule is CN1C(=O)C(O)(C#Cc2cccc(-n3ncc4cccnc43)c2)C2CC21. The monoisotopic (exact) mass is 344 g/mol. The van der Waals surface area contributed by atoms with Gasteiger partial charge < -0.3 is 10.0 Å². The highest BCUT2D eigenvalue weighted by Gasteiger charge is 2.66. The first-order chi connectivity index (χ1) is 12.6. The van der Waals surface area contributed by atoms with Crippen LogP contribution in [0.5, 0.6) is 0 Å². The number of carbonyl (C=O) groups excluding carboxylic acids is 1. The summed E-state index contributed by atoms with van der Waals surface area (Å²) in [5, 5.41) is 16.1. The van der Waals surface area contributed by atoms with E-state index in [4.69, 9.17) is 0 Å². The standard InChI is InChI=1S/C20H16N4O2/c1-23-17-11-16(17)20(26,19(23)25)8-7-13-4-2-6-15(10-13)24-18-14(12-22-24)5-3-9-21-18/h2-6,9-10,12,16-17,26H,11H2,1H3. The average molecular weight is 344 g/mol. The molecule has 0 radical (unpaired) electrons. The largest absolute Gasteiger partial charge is 0.369 e. The molecule has 3 unspecified atom stereocenters. The summed E-state index contributed by atoms with van der Waals surface area (Å²) in [6.45, 7) is 0. The lowest BCUT2D eigenvalue weighted by atomic mass is 9.99. The molecule has 1 aliphatic heterocycles. The lowest BCUT2D eigenvalue weighted by molar-refractivity contribution is -0.140. The molecule has 5 rings (SSSR count). The summed E-state index contributed by atoms with van der Waals surface area (Å²) >= 11 is 0. The minimum atomic E-state index is -1.56.